The number of esters is 2. The Balaban J connectivity index is 2.35. The predicted octanol–water partition coefficient (Wildman–Crippen LogP) is 4.81. The summed E-state index contributed by atoms with van der Waals surface area (Å²) in [4.78, 5) is 23.0. The highest BCUT2D eigenvalue weighted by molar-refractivity contribution is 5.88. The Morgan fingerprint density at radius 1 is 0.963 bits per heavy atom. The van der Waals surface area contributed by atoms with E-state index in [1.54, 1.807) is 13.8 Å². The lowest BCUT2D eigenvalue weighted by Crippen LogP contribution is -2.14. The van der Waals surface area contributed by atoms with Gasteiger partial charge in [0.05, 0.1) is 5.92 Å². The van der Waals surface area contributed by atoms with Crippen LogP contribution in [0.5, 0.6) is 11.5 Å². The molecule has 27 heavy (non-hydrogen) atoms. The van der Waals surface area contributed by atoms with Gasteiger partial charge in [-0.15, -0.1) is 0 Å². The third-order valence-corrected chi connectivity index (χ3v) is 3.52. The lowest BCUT2D eigenvalue weighted by atomic mass is 10.0. The first-order valence-electron chi connectivity index (χ1n) is 7.99. The van der Waals surface area contributed by atoms with E-state index in [9.17, 15) is 22.8 Å². The van der Waals surface area contributed by atoms with Crippen molar-refractivity contribution in [2.24, 2.45) is 5.92 Å². The summed E-state index contributed by atoms with van der Waals surface area (Å²) in [5, 5.41) is 0. The van der Waals surface area contributed by atoms with E-state index < -0.39 is 41.1 Å². The summed E-state index contributed by atoms with van der Waals surface area (Å²) >= 11 is 0. The Bertz CT molecular complexity index is 920. The Kier molecular flexibility index (Phi) is 6.05. The molecule has 0 unspecified atom stereocenters. The average molecular weight is 378 g/mol. The minimum absolute atomic E-state index is 0.0106. The normalized spacial score (nSPS) is 10.6. The third-order valence-electron chi connectivity index (χ3n) is 3.52. The average Bonchev–Trinajstić information content (AvgIpc) is 2.59. The number of hydrogen-bond acceptors (Lipinski definition) is 4. The number of ether oxygens (including phenoxy) is 2. The van der Waals surface area contributed by atoms with Crippen molar-refractivity contribution in [3.63, 3.8) is 0 Å². The molecule has 2 rings (SSSR count). The van der Waals surface area contributed by atoms with Gasteiger partial charge in [-0.1, -0.05) is 20.4 Å². The van der Waals surface area contributed by atoms with E-state index in [-0.39, 0.29) is 22.4 Å². The summed E-state index contributed by atoms with van der Waals surface area (Å²) in [7, 11) is 0. The van der Waals surface area contributed by atoms with Crippen molar-refractivity contribution in [2.45, 2.75) is 20.8 Å². The molecule has 0 heterocycles. The molecular weight excluding hydrogens is 361 g/mol. The van der Waals surface area contributed by atoms with Crippen LogP contribution in [-0.2, 0) is 9.59 Å². The zero-order valence-electron chi connectivity index (χ0n) is 14.9. The molecule has 0 aliphatic rings. The quantitative estimate of drug-likeness (QED) is 0.426. The van der Waals surface area contributed by atoms with Crippen LogP contribution >= 0.6 is 0 Å². The monoisotopic (exact) mass is 378 g/mol. The van der Waals surface area contributed by atoms with Gasteiger partial charge in [0.2, 0.25) is 5.82 Å². The Labute approximate surface area is 154 Å². The highest BCUT2D eigenvalue weighted by Gasteiger charge is 2.20. The van der Waals surface area contributed by atoms with E-state index in [4.69, 9.17) is 4.74 Å². The highest BCUT2D eigenvalue weighted by atomic mass is 19.2. The smallest absolute Gasteiger partial charge is 0.338 e. The maximum Gasteiger partial charge on any atom is 0.338 e. The molecule has 0 aromatic heterocycles. The van der Waals surface area contributed by atoms with Gasteiger partial charge in [0, 0.05) is 22.8 Å². The summed E-state index contributed by atoms with van der Waals surface area (Å²) < 4.78 is 52.5. The summed E-state index contributed by atoms with van der Waals surface area (Å²) in [5.74, 6) is -6.28. The molecule has 0 fully saturated rings. The van der Waals surface area contributed by atoms with Crippen LogP contribution in [-0.4, -0.2) is 11.9 Å². The molecule has 0 spiro atoms. The van der Waals surface area contributed by atoms with E-state index >= 15 is 0 Å². The zero-order chi connectivity index (χ0) is 20.3. The molecule has 2 aromatic carbocycles. The minimum atomic E-state index is -1.43. The van der Waals surface area contributed by atoms with E-state index in [2.05, 4.69) is 11.3 Å². The molecule has 0 radical (unpaired) electrons. The molecule has 7 heteroatoms. The van der Waals surface area contributed by atoms with Gasteiger partial charge in [0.1, 0.15) is 11.6 Å². The molecule has 0 N–H and O–H groups in total. The fraction of sp³-hybridized carbons (Fsp3) is 0.200. The van der Waals surface area contributed by atoms with Crippen LogP contribution in [0.3, 0.4) is 0 Å². The van der Waals surface area contributed by atoms with Crippen LogP contribution in [0, 0.1) is 23.4 Å². The molecule has 142 valence electrons. The number of benzene rings is 2. The molecule has 0 aliphatic heterocycles. The van der Waals surface area contributed by atoms with Gasteiger partial charge in [-0.3, -0.25) is 4.79 Å². The van der Waals surface area contributed by atoms with Crippen molar-refractivity contribution in [3.8, 4) is 22.6 Å². The van der Waals surface area contributed by atoms with Crippen LogP contribution in [0.25, 0.3) is 11.1 Å². The number of rotatable bonds is 5. The maximum absolute atomic E-state index is 14.4. The summed E-state index contributed by atoms with van der Waals surface area (Å²) in [6.45, 7) is 7.94. The fourth-order valence-corrected chi connectivity index (χ4v) is 2.02. The van der Waals surface area contributed by atoms with Gasteiger partial charge in [-0.05, 0) is 31.2 Å². The summed E-state index contributed by atoms with van der Waals surface area (Å²) in [6, 6.07) is 5.43. The molecule has 4 nitrogen and oxygen atoms in total. The summed E-state index contributed by atoms with van der Waals surface area (Å²) in [5.41, 5.74) is -0.605. The second-order valence-corrected chi connectivity index (χ2v) is 6.13. The van der Waals surface area contributed by atoms with Gasteiger partial charge >= 0.3 is 11.9 Å². The van der Waals surface area contributed by atoms with Crippen LogP contribution < -0.4 is 9.47 Å². The van der Waals surface area contributed by atoms with Crippen molar-refractivity contribution in [2.75, 3.05) is 0 Å². The second kappa shape index (κ2) is 8.07. The first-order valence-corrected chi connectivity index (χ1v) is 7.99. The maximum atomic E-state index is 14.4. The molecule has 0 atom stereocenters. The van der Waals surface area contributed by atoms with Gasteiger partial charge in [-0.2, -0.15) is 4.39 Å². The van der Waals surface area contributed by atoms with Crippen molar-refractivity contribution < 1.29 is 32.2 Å². The number of carbonyl (C=O) groups excluding carboxylic acids is 2. The van der Waals surface area contributed by atoms with Gasteiger partial charge in [-0.25, -0.2) is 13.6 Å². The number of halogens is 3. The molecule has 2 aromatic rings. The predicted molar refractivity (Wildman–Crippen MR) is 92.7 cm³/mol. The van der Waals surface area contributed by atoms with E-state index in [0.717, 1.165) is 24.3 Å². The van der Waals surface area contributed by atoms with E-state index in [1.165, 1.54) is 13.0 Å². The molecule has 0 saturated carbocycles. The Morgan fingerprint density at radius 2 is 1.59 bits per heavy atom. The van der Waals surface area contributed by atoms with Crippen molar-refractivity contribution in [3.05, 3.63) is 59.9 Å². The topological polar surface area (TPSA) is 52.6 Å². The molecular formula is C20H17F3O4. The van der Waals surface area contributed by atoms with Crippen LogP contribution in [0.2, 0.25) is 0 Å². The van der Waals surface area contributed by atoms with Crippen LogP contribution in [0.15, 0.2) is 42.5 Å². The van der Waals surface area contributed by atoms with Crippen LogP contribution in [0.4, 0.5) is 13.2 Å². The first kappa shape index (κ1) is 20.2. The zero-order valence-corrected chi connectivity index (χ0v) is 14.9. The van der Waals surface area contributed by atoms with Crippen LogP contribution in [0.1, 0.15) is 20.8 Å². The molecule has 0 aliphatic carbocycles. The van der Waals surface area contributed by atoms with E-state index in [0.29, 0.717) is 0 Å². The van der Waals surface area contributed by atoms with Crippen molar-refractivity contribution in [1.29, 1.82) is 0 Å². The number of hydrogen-bond donors (Lipinski definition) is 0. The number of carbonyl (C=O) groups is 2. The highest BCUT2D eigenvalue weighted by Crippen LogP contribution is 2.33. The van der Waals surface area contributed by atoms with Gasteiger partial charge in [0.15, 0.2) is 11.6 Å². The first-order chi connectivity index (χ1) is 12.6. The van der Waals surface area contributed by atoms with E-state index in [1.807, 2.05) is 0 Å². The second-order valence-electron chi connectivity index (χ2n) is 6.13. The third kappa shape index (κ3) is 4.55. The Hall–Kier alpha value is -3.09. The fourth-order valence-electron chi connectivity index (χ4n) is 2.02. The lowest BCUT2D eigenvalue weighted by Gasteiger charge is -2.11. The largest absolute Gasteiger partial charge is 0.426 e. The lowest BCUT2D eigenvalue weighted by molar-refractivity contribution is -0.137. The van der Waals surface area contributed by atoms with Gasteiger partial charge in [0.25, 0.3) is 0 Å². The SMILES string of the molecule is C=C(C)C(=O)Oc1ccc(-c2ccc(OC(=O)C(C)C)cc2F)c(F)c1F. The molecule has 0 bridgehead atoms. The molecule has 0 saturated heterocycles. The van der Waals surface area contributed by atoms with Crippen molar-refractivity contribution in [1.82, 2.24) is 0 Å². The minimum Gasteiger partial charge on any atom is -0.426 e. The summed E-state index contributed by atoms with van der Waals surface area (Å²) in [6.07, 6.45) is 0. The molecule has 0 amide bonds. The van der Waals surface area contributed by atoms with Crippen molar-refractivity contribution >= 4 is 11.9 Å². The Morgan fingerprint density at radius 3 is 2.15 bits per heavy atom. The van der Waals surface area contributed by atoms with Gasteiger partial charge < -0.3 is 9.47 Å². The standard InChI is InChI=1S/C20H17F3O4/c1-10(2)19(24)26-12-5-6-13(15(21)9-12)14-7-8-16(18(23)17(14)22)27-20(25)11(3)4/h5-10H,3H2,1-2,4H3.